The fourth-order valence-electron chi connectivity index (χ4n) is 2.23. The van der Waals surface area contributed by atoms with Crippen LogP contribution in [-0.4, -0.2) is 59.3 Å². The molecule has 0 aliphatic rings. The number of H-pyrrole nitrogens is 1. The van der Waals surface area contributed by atoms with Crippen molar-refractivity contribution in [2.24, 2.45) is 0 Å². The number of aromatic nitrogens is 6. The van der Waals surface area contributed by atoms with Crippen LogP contribution in [0.25, 0.3) is 0 Å². The summed E-state index contributed by atoms with van der Waals surface area (Å²) >= 11 is 0. The second-order valence-electron chi connectivity index (χ2n) is 6.76. The molecule has 0 saturated carbocycles. The van der Waals surface area contributed by atoms with Gasteiger partial charge in [0.05, 0.1) is 0 Å². The molecule has 0 bridgehead atoms. The summed E-state index contributed by atoms with van der Waals surface area (Å²) in [7, 11) is -9.28. The van der Waals surface area contributed by atoms with E-state index in [0.717, 1.165) is 12.8 Å². The summed E-state index contributed by atoms with van der Waals surface area (Å²) in [4.78, 5) is 74.1. The quantitative estimate of drug-likeness (QED) is 0.133. The average Bonchev–Trinajstić information content (AvgIpc) is 2.63. The second kappa shape index (κ2) is 18.5. The minimum atomic E-state index is -4.64. The maximum absolute atomic E-state index is 10.3. The van der Waals surface area contributed by atoms with Crippen molar-refractivity contribution >= 4 is 39.4 Å². The van der Waals surface area contributed by atoms with Gasteiger partial charge in [0.15, 0.2) is 0 Å². The number of nitrogens with two attached hydrogens (primary N) is 4. The molecular weight excluding hydrogens is 526 g/mol. The summed E-state index contributed by atoms with van der Waals surface area (Å²) in [5.41, 5.74) is 20.5. The van der Waals surface area contributed by atoms with Gasteiger partial charge >= 0.3 is 21.3 Å². The highest BCUT2D eigenvalue weighted by atomic mass is 31.2. The SMILES string of the molecule is CCCCCCCCCc1nc(N)nc(N)n1.Nc1nc(N)[nH]c(=O)n1.O=P(O)(O)O.O=P(O)(O)O. The number of unbranched alkanes of at least 4 members (excludes halogenated alkanes) is 6. The number of nitrogens with zero attached hydrogens (tertiary/aromatic N) is 5. The summed E-state index contributed by atoms with van der Waals surface area (Å²) in [6.45, 7) is 2.23. The van der Waals surface area contributed by atoms with Crippen molar-refractivity contribution < 1.29 is 38.5 Å². The van der Waals surface area contributed by atoms with Gasteiger partial charge in [-0.1, -0.05) is 45.4 Å². The van der Waals surface area contributed by atoms with Gasteiger partial charge < -0.3 is 52.3 Å². The molecule has 0 saturated heterocycles. The van der Waals surface area contributed by atoms with Gasteiger partial charge in [-0.15, -0.1) is 0 Å². The van der Waals surface area contributed by atoms with Gasteiger partial charge in [0.2, 0.25) is 23.8 Å². The van der Waals surface area contributed by atoms with Crippen molar-refractivity contribution in [1.29, 1.82) is 0 Å². The number of hydrogen-bond acceptors (Lipinski definition) is 12. The molecule has 0 aliphatic heterocycles. The first-order valence-electron chi connectivity index (χ1n) is 10.2. The van der Waals surface area contributed by atoms with Crippen molar-refractivity contribution in [2.75, 3.05) is 22.9 Å². The molecule has 0 fully saturated rings. The van der Waals surface area contributed by atoms with Crippen molar-refractivity contribution in [3.63, 3.8) is 0 Å². The Hall–Kier alpha value is -2.76. The number of hydrogen-bond donors (Lipinski definition) is 11. The fraction of sp³-hybridized carbons (Fsp3) is 0.600. The summed E-state index contributed by atoms with van der Waals surface area (Å²) in [5.74, 6) is 1.01. The Morgan fingerprint density at radius 3 is 1.44 bits per heavy atom. The van der Waals surface area contributed by atoms with E-state index in [-0.39, 0.29) is 23.8 Å². The first-order chi connectivity index (χ1) is 16.4. The van der Waals surface area contributed by atoms with Crippen LogP contribution in [0, 0.1) is 0 Å². The third-order valence-corrected chi connectivity index (χ3v) is 3.41. The number of nitrogens with one attached hydrogen (secondary N) is 1. The van der Waals surface area contributed by atoms with Crippen molar-refractivity contribution in [3.8, 4) is 0 Å². The lowest BCUT2D eigenvalue weighted by Crippen LogP contribution is -2.16. The van der Waals surface area contributed by atoms with E-state index in [0.29, 0.717) is 5.82 Å². The van der Waals surface area contributed by atoms with E-state index in [1.54, 1.807) is 0 Å². The Labute approximate surface area is 205 Å². The van der Waals surface area contributed by atoms with Gasteiger partial charge in [0.1, 0.15) is 5.82 Å². The van der Waals surface area contributed by atoms with Crippen LogP contribution in [0.4, 0.5) is 23.8 Å². The topological polar surface area (TPSA) is 357 Å². The molecule has 2 rings (SSSR count). The van der Waals surface area contributed by atoms with E-state index in [4.69, 9.17) is 61.4 Å². The van der Waals surface area contributed by atoms with Crippen LogP contribution in [0.3, 0.4) is 0 Å². The van der Waals surface area contributed by atoms with E-state index in [2.05, 4.69) is 36.8 Å². The van der Waals surface area contributed by atoms with Gasteiger partial charge in [-0.25, -0.2) is 13.9 Å². The molecule has 2 aromatic heterocycles. The molecule has 19 nitrogen and oxygen atoms in total. The summed E-state index contributed by atoms with van der Waals surface area (Å²) in [6, 6.07) is 0. The molecule has 0 radical (unpaired) electrons. The van der Waals surface area contributed by atoms with E-state index in [1.807, 2.05) is 0 Å². The maximum atomic E-state index is 10.3. The molecular formula is C15H34N10O9P2. The summed E-state index contributed by atoms with van der Waals surface area (Å²) in [6.07, 6.45) is 9.76. The Bertz CT molecular complexity index is 951. The lowest BCUT2D eigenvalue weighted by molar-refractivity contribution is 0.272. The van der Waals surface area contributed by atoms with Crippen LogP contribution in [0.5, 0.6) is 0 Å². The molecule has 0 spiro atoms. The van der Waals surface area contributed by atoms with Crippen LogP contribution in [0.1, 0.15) is 57.7 Å². The fourth-order valence-corrected chi connectivity index (χ4v) is 2.23. The largest absolute Gasteiger partial charge is 0.466 e. The van der Waals surface area contributed by atoms with Crippen LogP contribution >= 0.6 is 15.6 Å². The molecule has 0 atom stereocenters. The third-order valence-electron chi connectivity index (χ3n) is 3.41. The number of phosphoric acid groups is 2. The molecule has 208 valence electrons. The number of rotatable bonds is 8. The molecule has 2 heterocycles. The van der Waals surface area contributed by atoms with Crippen LogP contribution in [0.15, 0.2) is 4.79 Å². The van der Waals surface area contributed by atoms with Crippen molar-refractivity contribution in [1.82, 2.24) is 29.9 Å². The van der Waals surface area contributed by atoms with Gasteiger partial charge in [-0.05, 0) is 6.42 Å². The first-order valence-corrected chi connectivity index (χ1v) is 13.4. The molecule has 0 aliphatic carbocycles. The molecule has 2 aromatic rings. The maximum Gasteiger partial charge on any atom is 0.466 e. The van der Waals surface area contributed by atoms with Gasteiger partial charge in [-0.3, -0.25) is 4.98 Å². The van der Waals surface area contributed by atoms with Gasteiger partial charge in [-0.2, -0.15) is 24.9 Å². The Morgan fingerprint density at radius 2 is 1.06 bits per heavy atom. The standard InChI is InChI=1S/C12H23N5.C3H5N5O.2H3O4P/c1-2-3-4-5-6-7-8-9-10-15-11(13)17-12(14)16-10;4-1-6-2(5)8-3(9)7-1;2*1-5(2,3)4/h2-9H2,1H3,(H4,13,14,15,16,17);(H5,4,5,6,7,8,9);2*(H3,1,2,3,4). The number of nitrogen functional groups attached to an aromatic ring is 4. The minimum Gasteiger partial charge on any atom is -0.369 e. The van der Waals surface area contributed by atoms with E-state index in [1.165, 1.54) is 38.5 Å². The zero-order valence-corrected chi connectivity index (χ0v) is 21.3. The van der Waals surface area contributed by atoms with E-state index >= 15 is 0 Å². The number of anilines is 4. The minimum absolute atomic E-state index is 0.0208. The van der Waals surface area contributed by atoms with Crippen LogP contribution in [-0.2, 0) is 15.6 Å². The van der Waals surface area contributed by atoms with E-state index < -0.39 is 21.3 Å². The molecule has 0 aromatic carbocycles. The lowest BCUT2D eigenvalue weighted by Gasteiger charge is -2.02. The highest BCUT2D eigenvalue weighted by molar-refractivity contribution is 7.45. The predicted molar refractivity (Wildman–Crippen MR) is 130 cm³/mol. The number of aryl methyl sites for hydroxylation is 1. The molecule has 21 heteroatoms. The van der Waals surface area contributed by atoms with Crippen LogP contribution in [0.2, 0.25) is 0 Å². The Kier molecular flexibility index (Phi) is 18.2. The molecule has 0 unspecified atom stereocenters. The average molecular weight is 560 g/mol. The third kappa shape index (κ3) is 31.2. The smallest absolute Gasteiger partial charge is 0.369 e. The monoisotopic (exact) mass is 560 g/mol. The van der Waals surface area contributed by atoms with Crippen LogP contribution < -0.4 is 28.6 Å². The highest BCUT2D eigenvalue weighted by Gasteiger charge is 2.02. The Balaban J connectivity index is 0. The number of aromatic amines is 1. The highest BCUT2D eigenvalue weighted by Crippen LogP contribution is 2.26. The predicted octanol–water partition coefficient (Wildman–Crippen LogP) is -1.20. The second-order valence-corrected chi connectivity index (χ2v) is 8.82. The first kappa shape index (κ1) is 35.4. The van der Waals surface area contributed by atoms with Gasteiger partial charge in [0.25, 0.3) is 0 Å². The summed E-state index contributed by atoms with van der Waals surface area (Å²) in [5, 5.41) is 0. The normalized spacial score (nSPS) is 10.6. The Morgan fingerprint density at radius 1 is 0.667 bits per heavy atom. The van der Waals surface area contributed by atoms with Crippen molar-refractivity contribution in [3.05, 3.63) is 16.3 Å². The van der Waals surface area contributed by atoms with E-state index in [9.17, 15) is 4.79 Å². The summed E-state index contributed by atoms with van der Waals surface area (Å²) < 4.78 is 17.8. The lowest BCUT2D eigenvalue weighted by atomic mass is 10.1. The molecule has 15 N–H and O–H groups in total. The zero-order chi connectivity index (χ0) is 28.4. The van der Waals surface area contributed by atoms with Crippen molar-refractivity contribution in [2.45, 2.75) is 58.3 Å². The molecule has 0 amide bonds. The zero-order valence-electron chi connectivity index (χ0n) is 19.5. The van der Waals surface area contributed by atoms with Gasteiger partial charge in [0, 0.05) is 6.42 Å². The molecule has 36 heavy (non-hydrogen) atoms.